The van der Waals surface area contributed by atoms with Gasteiger partial charge in [-0.25, -0.2) is 14.6 Å². The van der Waals surface area contributed by atoms with Gasteiger partial charge >= 0.3 is 12.2 Å². The Labute approximate surface area is 205 Å². The largest absolute Gasteiger partial charge is 0.445 e. The number of carbonyl (C=O) groups excluding carboxylic acids is 2. The third kappa shape index (κ3) is 5.22. The molecule has 1 saturated carbocycles. The monoisotopic (exact) mass is 484 g/mol. The number of nitrogens with zero attached hydrogens (tertiary/aromatic N) is 5. The summed E-state index contributed by atoms with van der Waals surface area (Å²) in [4.78, 5) is 34.4. The normalized spacial score (nSPS) is 21.4. The molecule has 1 aliphatic carbocycles. The molecule has 0 spiro atoms. The Morgan fingerprint density at radius 3 is 2.51 bits per heavy atom. The van der Waals surface area contributed by atoms with Gasteiger partial charge in [-0.1, -0.05) is 0 Å². The van der Waals surface area contributed by atoms with E-state index in [4.69, 9.17) is 14.5 Å². The highest BCUT2D eigenvalue weighted by molar-refractivity contribution is 5.88. The van der Waals surface area contributed by atoms with Crippen molar-refractivity contribution in [3.05, 3.63) is 23.5 Å². The Hall–Kier alpha value is -2.88. The highest BCUT2D eigenvalue weighted by atomic mass is 16.6. The molecule has 10 nitrogen and oxygen atoms in total. The Bertz CT molecular complexity index is 1090. The second-order valence-corrected chi connectivity index (χ2v) is 10.9. The molecule has 0 aromatic carbocycles. The van der Waals surface area contributed by atoms with Crippen molar-refractivity contribution in [2.45, 2.75) is 83.5 Å². The van der Waals surface area contributed by atoms with Crippen molar-refractivity contribution in [1.29, 1.82) is 0 Å². The van der Waals surface area contributed by atoms with Crippen molar-refractivity contribution in [3.63, 3.8) is 0 Å². The SMILES string of the molecule is Cc1cc(N(C(=O)OC(C)(C)C)C2CCN(C(=O)OC3CCNC3)CC2)n2ncc(C3CC3)c2n1. The fraction of sp³-hybridized carbons (Fsp3) is 0.680. The van der Waals surface area contributed by atoms with E-state index in [0.717, 1.165) is 42.7 Å². The molecule has 2 aliphatic heterocycles. The lowest BCUT2D eigenvalue weighted by molar-refractivity contribution is 0.0517. The van der Waals surface area contributed by atoms with Gasteiger partial charge in [-0.2, -0.15) is 9.61 Å². The number of carbonyl (C=O) groups is 2. The lowest BCUT2D eigenvalue weighted by Crippen LogP contribution is -2.51. The first kappa shape index (κ1) is 23.8. The van der Waals surface area contributed by atoms with Crippen LogP contribution in [0.5, 0.6) is 0 Å². The number of aryl methyl sites for hydroxylation is 1. The molecule has 2 aromatic heterocycles. The molecule has 5 rings (SSSR count). The lowest BCUT2D eigenvalue weighted by Gasteiger charge is -2.38. The van der Waals surface area contributed by atoms with Crippen molar-refractivity contribution in [2.24, 2.45) is 0 Å². The summed E-state index contributed by atoms with van der Waals surface area (Å²) in [6, 6.07) is 1.76. The van der Waals surface area contributed by atoms with Crippen LogP contribution in [-0.2, 0) is 9.47 Å². The number of piperidine rings is 1. The van der Waals surface area contributed by atoms with Crippen molar-refractivity contribution < 1.29 is 19.1 Å². The summed E-state index contributed by atoms with van der Waals surface area (Å²) in [5, 5.41) is 7.85. The zero-order chi connectivity index (χ0) is 24.7. The molecule has 2 amide bonds. The summed E-state index contributed by atoms with van der Waals surface area (Å²) in [6.45, 7) is 10.2. The maximum Gasteiger partial charge on any atom is 0.416 e. The van der Waals surface area contributed by atoms with Gasteiger partial charge in [0.05, 0.1) is 6.20 Å². The standard InChI is InChI=1S/C25H36N6O4/c1-16-13-21(31-22(28-16)20(15-27-31)17-5-6-17)30(24(33)35-25(2,3)4)18-8-11-29(12-9-18)23(32)34-19-7-10-26-14-19/h13,15,17-19,26H,5-12,14H2,1-4H3. The van der Waals surface area contributed by atoms with Crippen molar-refractivity contribution in [3.8, 4) is 0 Å². The molecular formula is C25H36N6O4. The van der Waals surface area contributed by atoms with E-state index in [-0.39, 0.29) is 18.2 Å². The topological polar surface area (TPSA) is 101 Å². The highest BCUT2D eigenvalue weighted by Crippen LogP contribution is 2.42. The van der Waals surface area contributed by atoms with Crippen LogP contribution in [0.2, 0.25) is 0 Å². The maximum absolute atomic E-state index is 13.5. The van der Waals surface area contributed by atoms with Gasteiger partial charge in [0.15, 0.2) is 5.65 Å². The summed E-state index contributed by atoms with van der Waals surface area (Å²) >= 11 is 0. The molecule has 0 bridgehead atoms. The average molecular weight is 485 g/mol. The molecule has 3 fully saturated rings. The minimum Gasteiger partial charge on any atom is -0.445 e. The third-order valence-electron chi connectivity index (χ3n) is 6.83. The van der Waals surface area contributed by atoms with Gasteiger partial charge in [0.1, 0.15) is 17.5 Å². The van der Waals surface area contributed by atoms with Gasteiger partial charge in [-0.3, -0.25) is 4.90 Å². The highest BCUT2D eigenvalue weighted by Gasteiger charge is 2.37. The average Bonchev–Trinajstić information content (AvgIpc) is 3.33. The number of hydrogen-bond donors (Lipinski definition) is 1. The van der Waals surface area contributed by atoms with Gasteiger partial charge in [-0.05, 0) is 72.3 Å². The molecule has 190 valence electrons. The van der Waals surface area contributed by atoms with E-state index in [9.17, 15) is 9.59 Å². The van der Waals surface area contributed by atoms with Crippen LogP contribution in [0.3, 0.4) is 0 Å². The van der Waals surface area contributed by atoms with Crippen molar-refractivity contribution >= 4 is 23.7 Å². The first-order chi connectivity index (χ1) is 16.7. The van der Waals surface area contributed by atoms with E-state index in [1.165, 1.54) is 0 Å². The minimum absolute atomic E-state index is 0.0629. The van der Waals surface area contributed by atoms with Gasteiger partial charge in [0.25, 0.3) is 0 Å². The van der Waals surface area contributed by atoms with Crippen LogP contribution in [0.25, 0.3) is 5.65 Å². The number of amides is 2. The molecule has 2 aromatic rings. The van der Waals surface area contributed by atoms with E-state index >= 15 is 0 Å². The van der Waals surface area contributed by atoms with Gasteiger partial charge in [-0.15, -0.1) is 0 Å². The number of nitrogens with one attached hydrogen (secondary N) is 1. The number of ether oxygens (including phenoxy) is 2. The molecule has 10 heteroatoms. The maximum atomic E-state index is 13.5. The first-order valence-electron chi connectivity index (χ1n) is 12.7. The van der Waals surface area contributed by atoms with E-state index in [2.05, 4.69) is 10.4 Å². The predicted octanol–water partition coefficient (Wildman–Crippen LogP) is 3.62. The molecule has 1 unspecified atom stereocenters. The summed E-state index contributed by atoms with van der Waals surface area (Å²) in [6.07, 6.45) is 5.52. The van der Waals surface area contributed by atoms with Gasteiger partial charge in [0, 0.05) is 43.0 Å². The molecule has 0 radical (unpaired) electrons. The number of likely N-dealkylation sites (tertiary alicyclic amines) is 1. The van der Waals surface area contributed by atoms with E-state index in [0.29, 0.717) is 44.2 Å². The molecular weight excluding hydrogens is 448 g/mol. The van der Waals surface area contributed by atoms with Crippen LogP contribution in [0, 0.1) is 6.92 Å². The van der Waals surface area contributed by atoms with Crippen LogP contribution in [0.4, 0.5) is 15.4 Å². The number of hydrogen-bond acceptors (Lipinski definition) is 7. The molecule has 1 N–H and O–H groups in total. The quantitative estimate of drug-likeness (QED) is 0.707. The number of fused-ring (bicyclic) bond motifs is 1. The third-order valence-corrected chi connectivity index (χ3v) is 6.83. The smallest absolute Gasteiger partial charge is 0.416 e. The van der Waals surface area contributed by atoms with Crippen LogP contribution in [0.15, 0.2) is 12.3 Å². The minimum atomic E-state index is -0.639. The Balaban J connectivity index is 1.40. The van der Waals surface area contributed by atoms with Gasteiger partial charge in [0.2, 0.25) is 0 Å². The number of aromatic nitrogens is 3. The van der Waals surface area contributed by atoms with E-state index in [1.807, 2.05) is 40.0 Å². The molecule has 2 saturated heterocycles. The second kappa shape index (κ2) is 9.29. The Morgan fingerprint density at radius 2 is 1.89 bits per heavy atom. The molecule has 4 heterocycles. The predicted molar refractivity (Wildman–Crippen MR) is 131 cm³/mol. The molecule has 3 aliphatic rings. The summed E-state index contributed by atoms with van der Waals surface area (Å²) in [5.41, 5.74) is 2.13. The summed E-state index contributed by atoms with van der Waals surface area (Å²) in [7, 11) is 0. The van der Waals surface area contributed by atoms with Crippen LogP contribution >= 0.6 is 0 Å². The van der Waals surface area contributed by atoms with Crippen LogP contribution in [-0.4, -0.2) is 75.6 Å². The molecule has 35 heavy (non-hydrogen) atoms. The zero-order valence-electron chi connectivity index (χ0n) is 21.1. The van der Waals surface area contributed by atoms with Crippen molar-refractivity contribution in [1.82, 2.24) is 24.8 Å². The van der Waals surface area contributed by atoms with Crippen molar-refractivity contribution in [2.75, 3.05) is 31.1 Å². The van der Waals surface area contributed by atoms with Crippen LogP contribution < -0.4 is 10.2 Å². The van der Waals surface area contributed by atoms with Gasteiger partial charge < -0.3 is 19.7 Å². The van der Waals surface area contributed by atoms with E-state index in [1.54, 1.807) is 14.3 Å². The Kier molecular flexibility index (Phi) is 6.33. The molecule has 1 atom stereocenters. The summed E-state index contributed by atoms with van der Waals surface area (Å²) in [5.74, 6) is 1.15. The lowest BCUT2D eigenvalue weighted by atomic mass is 10.0. The Morgan fingerprint density at radius 1 is 1.14 bits per heavy atom. The number of rotatable bonds is 4. The van der Waals surface area contributed by atoms with E-state index < -0.39 is 11.7 Å². The summed E-state index contributed by atoms with van der Waals surface area (Å²) < 4.78 is 13.3. The van der Waals surface area contributed by atoms with Crippen LogP contribution in [0.1, 0.15) is 70.1 Å². The zero-order valence-corrected chi connectivity index (χ0v) is 21.1. The first-order valence-corrected chi connectivity index (χ1v) is 12.7. The fourth-order valence-electron chi connectivity index (χ4n) is 4.93. The number of anilines is 1. The second-order valence-electron chi connectivity index (χ2n) is 10.9. The fourth-order valence-corrected chi connectivity index (χ4v) is 4.93.